The Labute approximate surface area is 137 Å². The van der Waals surface area contributed by atoms with Gasteiger partial charge < -0.3 is 5.32 Å². The van der Waals surface area contributed by atoms with Crippen LogP contribution in [0.25, 0.3) is 0 Å². The van der Waals surface area contributed by atoms with Gasteiger partial charge in [0.1, 0.15) is 0 Å². The zero-order chi connectivity index (χ0) is 16.3. The van der Waals surface area contributed by atoms with Crippen LogP contribution in [0.3, 0.4) is 0 Å². The molecule has 23 heavy (non-hydrogen) atoms. The summed E-state index contributed by atoms with van der Waals surface area (Å²) < 4.78 is 26.5. The number of likely N-dealkylation sites (tertiary alicyclic amines) is 1. The monoisotopic (exact) mass is 329 g/mol. The fourth-order valence-electron chi connectivity index (χ4n) is 4.46. The summed E-state index contributed by atoms with van der Waals surface area (Å²) in [5, 5.41) is 5.64. The molecular formula is C17H29F2N3O. The fourth-order valence-corrected chi connectivity index (χ4v) is 4.46. The summed E-state index contributed by atoms with van der Waals surface area (Å²) >= 11 is 0. The van der Waals surface area contributed by atoms with Crippen molar-refractivity contribution in [2.75, 3.05) is 26.2 Å². The van der Waals surface area contributed by atoms with Crippen molar-refractivity contribution < 1.29 is 13.6 Å². The lowest BCUT2D eigenvalue weighted by Gasteiger charge is -2.48. The highest BCUT2D eigenvalue weighted by molar-refractivity contribution is 5.82. The molecule has 2 aliphatic heterocycles. The predicted molar refractivity (Wildman–Crippen MR) is 85.6 cm³/mol. The zero-order valence-corrected chi connectivity index (χ0v) is 13.9. The van der Waals surface area contributed by atoms with E-state index in [-0.39, 0.29) is 24.4 Å². The quantitative estimate of drug-likeness (QED) is 0.832. The van der Waals surface area contributed by atoms with E-state index in [0.717, 1.165) is 25.9 Å². The number of hydrogen-bond donors (Lipinski definition) is 2. The second kappa shape index (κ2) is 7.01. The Morgan fingerprint density at radius 2 is 1.74 bits per heavy atom. The SMILES string of the molecule is O=C(NCC1(N2CCCCC2)CCCCC1)C1CC(F)(F)CN1. The fraction of sp³-hybridized carbons (Fsp3) is 0.941. The second-order valence-corrected chi connectivity index (χ2v) is 7.54. The standard InChI is InChI=1S/C17H29F2N3O/c18-17(19)11-14(20-13-17)15(23)21-12-16(7-3-1-4-8-16)22-9-5-2-6-10-22/h14,20H,1-13H2,(H,21,23). The van der Waals surface area contributed by atoms with Crippen molar-refractivity contribution >= 4 is 5.91 Å². The van der Waals surface area contributed by atoms with Gasteiger partial charge in [-0.1, -0.05) is 25.7 Å². The van der Waals surface area contributed by atoms with E-state index in [1.54, 1.807) is 0 Å². The van der Waals surface area contributed by atoms with Crippen LogP contribution in [0.2, 0.25) is 0 Å². The number of alkyl halides is 2. The van der Waals surface area contributed by atoms with Crippen LogP contribution >= 0.6 is 0 Å². The molecule has 0 spiro atoms. The minimum atomic E-state index is -2.75. The molecule has 1 atom stereocenters. The number of nitrogens with zero attached hydrogens (tertiary/aromatic N) is 1. The Morgan fingerprint density at radius 1 is 1.09 bits per heavy atom. The number of nitrogens with one attached hydrogen (secondary N) is 2. The summed E-state index contributed by atoms with van der Waals surface area (Å²) in [4.78, 5) is 14.8. The van der Waals surface area contributed by atoms with Gasteiger partial charge >= 0.3 is 0 Å². The topological polar surface area (TPSA) is 44.4 Å². The molecule has 3 rings (SSSR count). The van der Waals surface area contributed by atoms with Crippen molar-refractivity contribution in [2.45, 2.75) is 75.3 Å². The molecule has 3 aliphatic rings. The molecule has 132 valence electrons. The van der Waals surface area contributed by atoms with E-state index >= 15 is 0 Å². The first-order chi connectivity index (χ1) is 11.0. The molecule has 0 aromatic heterocycles. The van der Waals surface area contributed by atoms with Crippen molar-refractivity contribution in [2.24, 2.45) is 0 Å². The third kappa shape index (κ3) is 4.02. The summed E-state index contributed by atoms with van der Waals surface area (Å²) in [5.74, 6) is -3.01. The van der Waals surface area contributed by atoms with Crippen LogP contribution in [0, 0.1) is 0 Å². The molecule has 1 unspecified atom stereocenters. The predicted octanol–water partition coefficient (Wildman–Crippen LogP) is 2.29. The minimum absolute atomic E-state index is 0.0510. The summed E-state index contributed by atoms with van der Waals surface area (Å²) in [6.45, 7) is 2.43. The van der Waals surface area contributed by atoms with Gasteiger partial charge in [0.05, 0.1) is 12.6 Å². The Bertz CT molecular complexity index is 418. The maximum Gasteiger partial charge on any atom is 0.262 e. The van der Waals surface area contributed by atoms with E-state index in [2.05, 4.69) is 15.5 Å². The zero-order valence-electron chi connectivity index (χ0n) is 13.9. The maximum absolute atomic E-state index is 13.3. The molecule has 0 bridgehead atoms. The van der Waals surface area contributed by atoms with E-state index in [1.165, 1.54) is 38.5 Å². The number of piperidine rings is 1. The number of amides is 1. The van der Waals surface area contributed by atoms with E-state index in [1.807, 2.05) is 0 Å². The molecule has 1 amide bonds. The van der Waals surface area contributed by atoms with Crippen LogP contribution in [-0.2, 0) is 4.79 Å². The van der Waals surface area contributed by atoms with Crippen molar-refractivity contribution in [3.63, 3.8) is 0 Å². The van der Waals surface area contributed by atoms with Crippen LogP contribution in [0.15, 0.2) is 0 Å². The third-order valence-electron chi connectivity index (χ3n) is 5.83. The number of rotatable bonds is 4. The first-order valence-electron chi connectivity index (χ1n) is 9.15. The Hall–Kier alpha value is -0.750. The van der Waals surface area contributed by atoms with Gasteiger partial charge in [0.15, 0.2) is 0 Å². The molecule has 2 N–H and O–H groups in total. The molecule has 4 nitrogen and oxygen atoms in total. The van der Waals surface area contributed by atoms with E-state index < -0.39 is 12.0 Å². The first-order valence-corrected chi connectivity index (χ1v) is 9.15. The van der Waals surface area contributed by atoms with Crippen LogP contribution < -0.4 is 10.6 Å². The smallest absolute Gasteiger partial charge is 0.262 e. The summed E-state index contributed by atoms with van der Waals surface area (Å²) in [7, 11) is 0. The Kier molecular flexibility index (Phi) is 5.21. The van der Waals surface area contributed by atoms with Gasteiger partial charge in [-0.25, -0.2) is 8.78 Å². The van der Waals surface area contributed by atoms with Crippen LogP contribution in [0.1, 0.15) is 57.8 Å². The van der Waals surface area contributed by atoms with E-state index in [4.69, 9.17) is 0 Å². The summed E-state index contributed by atoms with van der Waals surface area (Å²) in [5.41, 5.74) is 0.0510. The van der Waals surface area contributed by atoms with Gasteiger partial charge in [-0.2, -0.15) is 0 Å². The van der Waals surface area contributed by atoms with Gasteiger partial charge in [-0.05, 0) is 38.8 Å². The summed E-state index contributed by atoms with van der Waals surface area (Å²) in [6, 6.07) is -0.744. The highest BCUT2D eigenvalue weighted by Crippen LogP contribution is 2.35. The molecule has 1 aliphatic carbocycles. The summed E-state index contributed by atoms with van der Waals surface area (Å²) in [6.07, 6.45) is 9.26. The van der Waals surface area contributed by atoms with Crippen LogP contribution in [-0.4, -0.2) is 54.5 Å². The van der Waals surface area contributed by atoms with Gasteiger partial charge in [0.2, 0.25) is 5.91 Å². The minimum Gasteiger partial charge on any atom is -0.353 e. The third-order valence-corrected chi connectivity index (χ3v) is 5.83. The lowest BCUT2D eigenvalue weighted by atomic mass is 9.79. The van der Waals surface area contributed by atoms with E-state index in [0.29, 0.717) is 6.54 Å². The molecule has 0 aromatic carbocycles. The average molecular weight is 329 g/mol. The van der Waals surface area contributed by atoms with Gasteiger partial charge in [0, 0.05) is 18.5 Å². The number of carbonyl (C=O) groups is 1. The number of hydrogen-bond acceptors (Lipinski definition) is 3. The Morgan fingerprint density at radius 3 is 2.35 bits per heavy atom. The highest BCUT2D eigenvalue weighted by Gasteiger charge is 2.43. The van der Waals surface area contributed by atoms with Crippen molar-refractivity contribution in [3.8, 4) is 0 Å². The molecule has 2 saturated heterocycles. The van der Waals surface area contributed by atoms with Gasteiger partial charge in [0.25, 0.3) is 5.92 Å². The number of halogens is 2. The van der Waals surface area contributed by atoms with Crippen molar-refractivity contribution in [3.05, 3.63) is 0 Å². The normalized spacial score (nSPS) is 31.0. The van der Waals surface area contributed by atoms with Crippen molar-refractivity contribution in [1.82, 2.24) is 15.5 Å². The maximum atomic E-state index is 13.3. The van der Waals surface area contributed by atoms with Gasteiger partial charge in [-0.3, -0.25) is 15.0 Å². The lowest BCUT2D eigenvalue weighted by Crippen LogP contribution is -2.59. The molecule has 0 aromatic rings. The molecular weight excluding hydrogens is 300 g/mol. The number of carbonyl (C=O) groups excluding carboxylic acids is 1. The van der Waals surface area contributed by atoms with Gasteiger partial charge in [-0.15, -0.1) is 0 Å². The highest BCUT2D eigenvalue weighted by atomic mass is 19.3. The molecule has 2 heterocycles. The average Bonchev–Trinajstić information content (AvgIpc) is 2.94. The lowest BCUT2D eigenvalue weighted by molar-refractivity contribution is -0.124. The molecule has 6 heteroatoms. The first kappa shape index (κ1) is 17.1. The van der Waals surface area contributed by atoms with Crippen molar-refractivity contribution in [1.29, 1.82) is 0 Å². The molecule has 0 radical (unpaired) electrons. The second-order valence-electron chi connectivity index (χ2n) is 7.54. The molecule has 1 saturated carbocycles. The van der Waals surface area contributed by atoms with E-state index in [9.17, 15) is 13.6 Å². The van der Waals surface area contributed by atoms with Crippen LogP contribution in [0.4, 0.5) is 8.78 Å². The largest absolute Gasteiger partial charge is 0.353 e. The van der Waals surface area contributed by atoms with Crippen LogP contribution in [0.5, 0.6) is 0 Å². The molecule has 3 fully saturated rings. The Balaban J connectivity index is 1.59.